The molecule has 0 saturated heterocycles. The van der Waals surface area contributed by atoms with Crippen molar-refractivity contribution in [2.24, 2.45) is 5.92 Å². The molecule has 0 aromatic carbocycles. The highest BCUT2D eigenvalue weighted by atomic mass is 31.2. The summed E-state index contributed by atoms with van der Waals surface area (Å²) in [5.74, 6) is 0.852. The van der Waals surface area contributed by atoms with Crippen LogP contribution < -0.4 is 0 Å². The van der Waals surface area contributed by atoms with Gasteiger partial charge in [-0.3, -0.25) is 0 Å². The van der Waals surface area contributed by atoms with Crippen LogP contribution in [0.3, 0.4) is 0 Å². The van der Waals surface area contributed by atoms with Crippen LogP contribution >= 0.6 is 7.82 Å². The normalized spacial score (nSPS) is 11.7. The molecule has 0 aliphatic heterocycles. The molecule has 0 spiro atoms. The van der Waals surface area contributed by atoms with Crippen LogP contribution in [-0.2, 0) is 39.5 Å². The summed E-state index contributed by atoms with van der Waals surface area (Å²) in [6, 6.07) is 0. The second kappa shape index (κ2) is 25.7. The van der Waals surface area contributed by atoms with Gasteiger partial charge in [-0.05, 0) is 35.4 Å². The lowest BCUT2D eigenvalue weighted by Crippen LogP contribution is -2.01. The molecule has 0 rings (SSSR count). The zero-order valence-corrected chi connectivity index (χ0v) is 19.9. The Morgan fingerprint density at radius 2 is 1.13 bits per heavy atom. The molecule has 11 nitrogen and oxygen atoms in total. The van der Waals surface area contributed by atoms with Gasteiger partial charge in [0.2, 0.25) is 0 Å². The van der Waals surface area contributed by atoms with Crippen molar-refractivity contribution in [2.45, 2.75) is 97.8 Å². The Balaban J connectivity index is 0. The summed E-state index contributed by atoms with van der Waals surface area (Å²) in [5.41, 5.74) is 0. The molecule has 3 N–H and O–H groups in total. The van der Waals surface area contributed by atoms with Crippen LogP contribution in [0, 0.1) is 5.92 Å². The van der Waals surface area contributed by atoms with Crippen LogP contribution in [0.1, 0.15) is 97.8 Å². The predicted molar refractivity (Wildman–Crippen MR) is 112 cm³/mol. The van der Waals surface area contributed by atoms with Crippen LogP contribution in [0.25, 0.3) is 0 Å². The first kappa shape index (κ1) is 32.6. The van der Waals surface area contributed by atoms with E-state index in [2.05, 4.69) is 43.9 Å². The van der Waals surface area contributed by atoms with Gasteiger partial charge in [0.05, 0.1) is 6.61 Å². The van der Waals surface area contributed by atoms with Gasteiger partial charge >= 0.3 is 7.82 Å². The minimum Gasteiger partial charge on any atom is -0.314 e. The Hall–Kier alpha value is -0.590. The molecule has 0 atom stereocenters. The van der Waals surface area contributed by atoms with E-state index in [0.717, 1.165) is 18.8 Å². The quantitative estimate of drug-likeness (QED) is 0.0632. The molecule has 0 unspecified atom stereocenters. The summed E-state index contributed by atoms with van der Waals surface area (Å²) >= 11 is 0. The summed E-state index contributed by atoms with van der Waals surface area (Å²) in [5, 5.41) is 20.3. The highest BCUT2D eigenvalue weighted by Crippen LogP contribution is 2.25. The highest BCUT2D eigenvalue weighted by molar-refractivity contribution is 7.45. The summed E-state index contributed by atoms with van der Waals surface area (Å²) in [6.07, 6.45) is 18.4. The molecule has 0 aliphatic rings. The number of hydrogen-bond acceptors (Lipinski definition) is 8. The van der Waals surface area contributed by atoms with Crippen molar-refractivity contribution in [3.8, 4) is 0 Å². The summed E-state index contributed by atoms with van der Waals surface area (Å²) in [6.45, 7) is 6.77. The number of phosphoric acid groups is 1. The maximum atomic E-state index is 8.88. The van der Waals surface area contributed by atoms with E-state index in [1.807, 2.05) is 0 Å². The van der Waals surface area contributed by atoms with E-state index in [0.29, 0.717) is 6.61 Å². The monoisotopic (exact) mass is 476 g/mol. The Morgan fingerprint density at radius 1 is 0.710 bits per heavy atom. The van der Waals surface area contributed by atoms with E-state index in [9.17, 15) is 0 Å². The lowest BCUT2D eigenvalue weighted by molar-refractivity contribution is -0.786. The molecule has 31 heavy (non-hydrogen) atoms. The minimum atomic E-state index is -4.64. The van der Waals surface area contributed by atoms with Gasteiger partial charge < -0.3 is 19.6 Å². The van der Waals surface area contributed by atoms with Gasteiger partial charge in [-0.1, -0.05) is 84.5 Å². The van der Waals surface area contributed by atoms with Crippen LogP contribution in [0.4, 0.5) is 0 Å². The van der Waals surface area contributed by atoms with Crippen molar-refractivity contribution in [2.75, 3.05) is 6.61 Å². The fourth-order valence-corrected chi connectivity index (χ4v) is 2.49. The van der Waals surface area contributed by atoms with Crippen molar-refractivity contribution in [3.63, 3.8) is 0 Å². The second-order valence-electron chi connectivity index (χ2n) is 7.31. The van der Waals surface area contributed by atoms with Gasteiger partial charge in [0.25, 0.3) is 0 Å². The van der Waals surface area contributed by atoms with Crippen molar-refractivity contribution in [1.29, 1.82) is 0 Å². The third-order valence-corrected chi connectivity index (χ3v) is 3.90. The minimum absolute atomic E-state index is 0.426. The highest BCUT2D eigenvalue weighted by Gasteiger charge is 2.00. The number of rotatable bonds is 21. The van der Waals surface area contributed by atoms with Gasteiger partial charge in [0.15, 0.2) is 0 Å². The lowest BCUT2D eigenvalue weighted by Gasteiger charge is -2.05. The standard InChI is InChI=1S/C19H38O7.H3O4P/c1-4-17-20-22-24-26-25-23-21-18-15-13-11-9-7-5-6-8-10-12-14-16-19(2)3;1-5(2,3)4/h4,17,19H,5-16,18H2,1-3H3;(H3,1,2,3,4). The van der Waals surface area contributed by atoms with E-state index >= 15 is 0 Å². The molecule has 0 heterocycles. The van der Waals surface area contributed by atoms with Crippen LogP contribution in [0.5, 0.6) is 0 Å². The second-order valence-corrected chi connectivity index (χ2v) is 8.34. The smallest absolute Gasteiger partial charge is 0.314 e. The first-order valence-corrected chi connectivity index (χ1v) is 12.3. The Labute approximate surface area is 185 Å². The van der Waals surface area contributed by atoms with Gasteiger partial charge in [0.1, 0.15) is 6.26 Å². The third kappa shape index (κ3) is 44.0. The van der Waals surface area contributed by atoms with Crippen molar-refractivity contribution in [3.05, 3.63) is 12.3 Å². The number of unbranched alkanes of at least 4 members (excludes halogenated alkanes) is 10. The van der Waals surface area contributed by atoms with Crippen molar-refractivity contribution in [1.82, 2.24) is 0 Å². The average molecular weight is 477 g/mol. The fourth-order valence-electron chi connectivity index (χ4n) is 2.49. The molecule has 0 radical (unpaired) electrons. The first-order valence-electron chi connectivity index (χ1n) is 10.8. The summed E-state index contributed by atoms with van der Waals surface area (Å²) in [4.78, 5) is 30.6. The molecule has 0 aromatic heterocycles. The maximum absolute atomic E-state index is 8.88. The maximum Gasteiger partial charge on any atom is 0.466 e. The molecule has 0 aliphatic carbocycles. The molecule has 0 saturated carbocycles. The molecule has 188 valence electrons. The van der Waals surface area contributed by atoms with E-state index in [1.165, 1.54) is 70.5 Å². The molecule has 0 aromatic rings. The van der Waals surface area contributed by atoms with Gasteiger partial charge in [0, 0.05) is 15.1 Å². The molecule has 0 amide bonds. The Morgan fingerprint density at radius 3 is 1.61 bits per heavy atom. The topological polar surface area (TPSA) is 142 Å². The zero-order chi connectivity index (χ0) is 23.6. The van der Waals surface area contributed by atoms with Crippen molar-refractivity contribution < 1.29 is 54.2 Å². The first-order chi connectivity index (χ1) is 14.8. The van der Waals surface area contributed by atoms with Gasteiger partial charge in [-0.2, -0.15) is 0 Å². The van der Waals surface area contributed by atoms with E-state index < -0.39 is 7.82 Å². The van der Waals surface area contributed by atoms with E-state index in [4.69, 9.17) is 24.1 Å². The van der Waals surface area contributed by atoms with Crippen LogP contribution in [0.2, 0.25) is 0 Å². The third-order valence-electron chi connectivity index (χ3n) is 3.90. The number of hydrogen-bond donors (Lipinski definition) is 3. The van der Waals surface area contributed by atoms with Crippen molar-refractivity contribution >= 4 is 7.82 Å². The molecule has 0 bridgehead atoms. The van der Waals surface area contributed by atoms with E-state index in [1.54, 1.807) is 13.0 Å². The van der Waals surface area contributed by atoms with Gasteiger partial charge in [-0.25, -0.2) is 9.45 Å². The molecule has 0 fully saturated rings. The fraction of sp³-hybridized carbons (Fsp3) is 0.895. The molecular formula is C19H41O11P. The van der Waals surface area contributed by atoms with Crippen LogP contribution in [-0.4, -0.2) is 21.3 Å². The predicted octanol–water partition coefficient (Wildman–Crippen LogP) is 5.53. The molecule has 12 heteroatoms. The summed E-state index contributed by atoms with van der Waals surface area (Å²) in [7, 11) is -4.64. The Kier molecular flexibility index (Phi) is 27.0. The Bertz CT molecular complexity index is 407. The SMILES string of the molecule is CC=COOOOOOOCCCCCCCCCCCCCC(C)C.O=P(O)(O)O. The molecular weight excluding hydrogens is 435 g/mol. The average Bonchev–Trinajstić information content (AvgIpc) is 2.67. The van der Waals surface area contributed by atoms with Gasteiger partial charge in [-0.15, -0.1) is 0 Å². The zero-order valence-electron chi connectivity index (χ0n) is 19.0. The van der Waals surface area contributed by atoms with Crippen LogP contribution in [0.15, 0.2) is 12.3 Å². The largest absolute Gasteiger partial charge is 0.466 e. The summed E-state index contributed by atoms with van der Waals surface area (Å²) < 4.78 is 8.88. The number of allylic oxidation sites excluding steroid dienone is 1. The van der Waals surface area contributed by atoms with E-state index in [-0.39, 0.29) is 0 Å². The lowest BCUT2D eigenvalue weighted by atomic mass is 10.0.